The Bertz CT molecular complexity index is 964. The minimum atomic E-state index is -0.354. The first-order valence-corrected chi connectivity index (χ1v) is 9.12. The first kappa shape index (κ1) is 18.8. The number of furan rings is 1. The van der Waals surface area contributed by atoms with E-state index in [4.69, 9.17) is 32.4 Å². The molecule has 2 heterocycles. The normalized spacial score (nSPS) is 11.2. The van der Waals surface area contributed by atoms with Crippen LogP contribution < -0.4 is 10.3 Å². The quantitative estimate of drug-likeness (QED) is 0.592. The maximum absolute atomic E-state index is 13.0. The van der Waals surface area contributed by atoms with Gasteiger partial charge in [-0.2, -0.15) is 0 Å². The van der Waals surface area contributed by atoms with Crippen LogP contribution in [0.15, 0.2) is 39.7 Å². The lowest BCUT2D eigenvalue weighted by atomic mass is 10.1. The number of aliphatic hydroxyl groups is 1. The highest BCUT2D eigenvalue weighted by molar-refractivity contribution is 6.42. The van der Waals surface area contributed by atoms with Gasteiger partial charge in [0.2, 0.25) is 0 Å². The van der Waals surface area contributed by atoms with E-state index in [1.54, 1.807) is 18.2 Å². The van der Waals surface area contributed by atoms with Gasteiger partial charge in [-0.3, -0.25) is 9.36 Å². The number of aliphatic hydroxyl groups excluding tert-OH is 1. The maximum Gasteiger partial charge on any atom is 0.259 e. The fraction of sp³-hybridized carbons (Fsp3) is 0.316. The summed E-state index contributed by atoms with van der Waals surface area (Å²) in [7, 11) is 0. The number of aromatic nitrogens is 1. The molecule has 26 heavy (non-hydrogen) atoms. The second-order valence-electron chi connectivity index (χ2n) is 5.92. The molecule has 7 heteroatoms. The lowest BCUT2D eigenvalue weighted by Gasteiger charge is -2.19. The van der Waals surface area contributed by atoms with Crippen molar-refractivity contribution in [1.29, 1.82) is 0 Å². The fourth-order valence-electron chi connectivity index (χ4n) is 2.82. The molecule has 138 valence electrons. The predicted molar refractivity (Wildman–Crippen MR) is 102 cm³/mol. The topological polar surface area (TPSA) is 64.6 Å². The number of hydrogen-bond acceptors (Lipinski definition) is 4. The Hall–Kier alpha value is -1.95. The van der Waals surface area contributed by atoms with Crippen molar-refractivity contribution >= 4 is 34.0 Å². The van der Waals surface area contributed by atoms with Gasteiger partial charge in [0.25, 0.3) is 5.56 Å². The minimum Gasteiger partial charge on any atom is -0.491 e. The van der Waals surface area contributed by atoms with Crippen molar-refractivity contribution in [3.8, 4) is 5.75 Å². The second kappa shape index (κ2) is 8.16. The number of rotatable bonds is 7. The monoisotopic (exact) mass is 395 g/mol. The van der Waals surface area contributed by atoms with E-state index in [1.807, 2.05) is 0 Å². The highest BCUT2D eigenvalue weighted by atomic mass is 35.5. The largest absolute Gasteiger partial charge is 0.491 e. The van der Waals surface area contributed by atoms with Gasteiger partial charge >= 0.3 is 0 Å². The molecule has 3 rings (SSSR count). The molecule has 1 N–H and O–H groups in total. The zero-order valence-electron chi connectivity index (χ0n) is 14.3. The smallest absolute Gasteiger partial charge is 0.259 e. The maximum atomic E-state index is 13.0. The van der Waals surface area contributed by atoms with Crippen molar-refractivity contribution in [1.82, 2.24) is 4.57 Å². The van der Waals surface area contributed by atoms with Gasteiger partial charge in [-0.15, -0.1) is 0 Å². The lowest BCUT2D eigenvalue weighted by Crippen LogP contribution is -2.25. The van der Waals surface area contributed by atoms with Crippen LogP contribution in [0, 0.1) is 0 Å². The van der Waals surface area contributed by atoms with E-state index in [1.165, 1.54) is 16.9 Å². The molecule has 0 bridgehead atoms. The Balaban J connectivity index is 2.26. The Morgan fingerprint density at radius 2 is 1.96 bits per heavy atom. The summed E-state index contributed by atoms with van der Waals surface area (Å²) in [4.78, 5) is 13.0. The zero-order valence-corrected chi connectivity index (χ0v) is 15.8. The number of hydrogen-bond donors (Lipinski definition) is 1. The molecule has 0 aliphatic rings. The number of ether oxygens (including phenoxy) is 1. The summed E-state index contributed by atoms with van der Waals surface area (Å²) in [6.45, 7) is 2.36. The van der Waals surface area contributed by atoms with Gasteiger partial charge in [0, 0.05) is 5.39 Å². The summed E-state index contributed by atoms with van der Waals surface area (Å²) >= 11 is 12.3. The molecule has 0 spiro atoms. The van der Waals surface area contributed by atoms with Crippen molar-refractivity contribution in [3.05, 3.63) is 62.4 Å². The second-order valence-corrected chi connectivity index (χ2v) is 6.73. The molecule has 0 atom stereocenters. The van der Waals surface area contributed by atoms with Crippen molar-refractivity contribution in [2.45, 2.75) is 32.9 Å². The zero-order chi connectivity index (χ0) is 18.7. The number of pyridine rings is 1. The summed E-state index contributed by atoms with van der Waals surface area (Å²) in [6.07, 6.45) is 3.35. The van der Waals surface area contributed by atoms with Crippen LogP contribution in [0.2, 0.25) is 10.0 Å². The van der Waals surface area contributed by atoms with E-state index in [0.29, 0.717) is 39.6 Å². The van der Waals surface area contributed by atoms with E-state index in [9.17, 15) is 9.90 Å². The summed E-state index contributed by atoms with van der Waals surface area (Å²) in [5.74, 6) is 1.04. The molecule has 0 saturated carbocycles. The summed E-state index contributed by atoms with van der Waals surface area (Å²) in [5.41, 5.74) is 0.0928. The molecule has 0 unspecified atom stereocenters. The fourth-order valence-corrected chi connectivity index (χ4v) is 3.15. The minimum absolute atomic E-state index is 0.183. The lowest BCUT2D eigenvalue weighted by molar-refractivity contribution is 0.248. The number of nitrogens with zero attached hydrogens (tertiary/aromatic N) is 1. The number of unbranched alkanes of at least 4 members (excludes halogenated alkanes) is 1. The average molecular weight is 396 g/mol. The Kier molecular flexibility index (Phi) is 5.91. The van der Waals surface area contributed by atoms with E-state index in [2.05, 4.69) is 6.92 Å². The van der Waals surface area contributed by atoms with Crippen LogP contribution in [0.4, 0.5) is 0 Å². The Morgan fingerprint density at radius 3 is 2.58 bits per heavy atom. The van der Waals surface area contributed by atoms with E-state index >= 15 is 0 Å². The molecule has 3 aromatic rings. The Morgan fingerprint density at radius 1 is 1.23 bits per heavy atom. The van der Waals surface area contributed by atoms with Gasteiger partial charge in [0.05, 0.1) is 47.1 Å². The van der Waals surface area contributed by atoms with Gasteiger partial charge in [-0.25, -0.2) is 0 Å². The highest BCUT2D eigenvalue weighted by Gasteiger charge is 2.20. The van der Waals surface area contributed by atoms with Crippen molar-refractivity contribution in [2.24, 2.45) is 0 Å². The third-order valence-corrected chi connectivity index (χ3v) is 4.88. The van der Waals surface area contributed by atoms with Gasteiger partial charge in [-0.05, 0) is 30.7 Å². The summed E-state index contributed by atoms with van der Waals surface area (Å²) < 4.78 is 12.7. The molecule has 0 aliphatic heterocycles. The van der Waals surface area contributed by atoms with E-state index in [0.717, 1.165) is 12.8 Å². The van der Waals surface area contributed by atoms with Crippen LogP contribution in [0.1, 0.15) is 31.2 Å². The van der Waals surface area contributed by atoms with Crippen LogP contribution in [0.5, 0.6) is 5.75 Å². The molecule has 0 fully saturated rings. The molecule has 5 nitrogen and oxygen atoms in total. The average Bonchev–Trinajstić information content (AvgIpc) is 3.14. The first-order valence-electron chi connectivity index (χ1n) is 8.37. The third-order valence-electron chi connectivity index (χ3n) is 4.16. The molecule has 0 amide bonds. The molecule has 0 radical (unpaired) electrons. The van der Waals surface area contributed by atoms with Crippen LogP contribution in [0.3, 0.4) is 0 Å². The van der Waals surface area contributed by atoms with E-state index < -0.39 is 0 Å². The van der Waals surface area contributed by atoms with Crippen molar-refractivity contribution < 1.29 is 14.3 Å². The molecule has 2 aromatic heterocycles. The third kappa shape index (κ3) is 3.61. The number of fused-ring (bicyclic) bond motifs is 1. The van der Waals surface area contributed by atoms with E-state index in [-0.39, 0.29) is 23.7 Å². The molecular weight excluding hydrogens is 377 g/mol. The molecular formula is C19H19Cl2NO4. The highest BCUT2D eigenvalue weighted by Crippen LogP contribution is 2.34. The van der Waals surface area contributed by atoms with Crippen LogP contribution in [-0.4, -0.2) is 16.3 Å². The molecule has 1 aromatic carbocycles. The van der Waals surface area contributed by atoms with Crippen LogP contribution in [0.25, 0.3) is 10.8 Å². The first-order chi connectivity index (χ1) is 12.6. The van der Waals surface area contributed by atoms with Gasteiger partial charge in [-0.1, -0.05) is 36.5 Å². The van der Waals surface area contributed by atoms with Gasteiger partial charge in [0.15, 0.2) is 0 Å². The predicted octanol–water partition coefficient (Wildman–Crippen LogP) is 4.62. The van der Waals surface area contributed by atoms with Gasteiger partial charge < -0.3 is 14.3 Å². The van der Waals surface area contributed by atoms with Crippen molar-refractivity contribution in [3.63, 3.8) is 0 Å². The van der Waals surface area contributed by atoms with Gasteiger partial charge in [0.1, 0.15) is 11.5 Å². The van der Waals surface area contributed by atoms with Crippen LogP contribution in [-0.2, 0) is 13.2 Å². The standard InChI is InChI=1S/C19H19Cl2NO4/c1-2-3-6-26-18-13-8-15(20)16(21)9-14(13)19(24)22(17(18)11-23)10-12-5-4-7-25-12/h4-5,7-9,23H,2-3,6,10-11H2,1H3. The summed E-state index contributed by atoms with van der Waals surface area (Å²) in [5, 5.41) is 11.5. The SMILES string of the molecule is CCCCOc1c(CO)n(Cc2ccco2)c(=O)c2cc(Cl)c(Cl)cc12. The summed E-state index contributed by atoms with van der Waals surface area (Å²) in [6, 6.07) is 6.66. The van der Waals surface area contributed by atoms with Crippen molar-refractivity contribution in [2.75, 3.05) is 6.61 Å². The molecule has 0 aliphatic carbocycles. The number of halogens is 2. The Labute approximate surface area is 160 Å². The van der Waals surface area contributed by atoms with Crippen LogP contribution >= 0.6 is 23.2 Å². The molecule has 0 saturated heterocycles. The number of benzene rings is 1.